The summed E-state index contributed by atoms with van der Waals surface area (Å²) in [7, 11) is 0. The molecule has 0 saturated heterocycles. The van der Waals surface area contributed by atoms with Gasteiger partial charge < -0.3 is 0 Å². The molecule has 0 bridgehead atoms. The highest BCUT2D eigenvalue weighted by Crippen LogP contribution is 2.41. The molecule has 0 amide bonds. The molecule has 0 atom stereocenters. The van der Waals surface area contributed by atoms with Crippen molar-refractivity contribution in [1.29, 1.82) is 0 Å². The first-order chi connectivity index (χ1) is 14.9. The lowest BCUT2D eigenvalue weighted by molar-refractivity contribution is 0.171. The molecular weight excluding hydrogens is 360 g/mol. The molecule has 0 aromatic heterocycles. The van der Waals surface area contributed by atoms with E-state index in [0.29, 0.717) is 0 Å². The Balaban J connectivity index is 0.000000109. The largest absolute Gasteiger partial charge is 0.0530 e. The number of hydrogen-bond acceptors (Lipinski definition) is 0. The fourth-order valence-corrected chi connectivity index (χ4v) is 8.57. The molecule has 0 N–H and O–H groups in total. The molecule has 174 valence electrons. The van der Waals surface area contributed by atoms with Crippen LogP contribution in [0.25, 0.3) is 0 Å². The van der Waals surface area contributed by atoms with Crippen molar-refractivity contribution in [2.45, 2.75) is 154 Å². The molecule has 0 nitrogen and oxygen atoms in total. The Labute approximate surface area is 189 Å². The molecule has 6 saturated carbocycles. The standard InChI is InChI=1S/3C10H18/c3*1-2-6-10-8-4-3-7-9(10)5-1/h3*9-10H,1-8H2. The van der Waals surface area contributed by atoms with Gasteiger partial charge in [0.05, 0.1) is 0 Å². The Kier molecular flexibility index (Phi) is 9.95. The topological polar surface area (TPSA) is 0 Å². The van der Waals surface area contributed by atoms with Crippen LogP contribution in [-0.4, -0.2) is 0 Å². The summed E-state index contributed by atoms with van der Waals surface area (Å²) in [5.41, 5.74) is 0. The molecular formula is C30H54. The van der Waals surface area contributed by atoms with E-state index in [1.54, 1.807) is 77.0 Å². The second-order valence-corrected chi connectivity index (χ2v) is 12.3. The summed E-state index contributed by atoms with van der Waals surface area (Å²) < 4.78 is 0. The lowest BCUT2D eigenvalue weighted by Crippen LogP contribution is -2.22. The van der Waals surface area contributed by atoms with Gasteiger partial charge in [-0.3, -0.25) is 0 Å². The maximum absolute atomic E-state index is 1.56. The molecule has 0 spiro atoms. The second kappa shape index (κ2) is 12.9. The quantitative estimate of drug-likeness (QED) is 0.370. The molecule has 0 aromatic rings. The van der Waals surface area contributed by atoms with Crippen molar-refractivity contribution in [3.05, 3.63) is 0 Å². The average molecular weight is 415 g/mol. The third-order valence-corrected chi connectivity index (χ3v) is 10.4. The molecule has 30 heavy (non-hydrogen) atoms. The summed E-state index contributed by atoms with van der Waals surface area (Å²) in [5, 5.41) is 0. The first-order valence-electron chi connectivity index (χ1n) is 14.9. The minimum atomic E-state index is 1.16. The molecule has 6 aliphatic rings. The zero-order valence-corrected chi connectivity index (χ0v) is 20.4. The van der Waals surface area contributed by atoms with Crippen molar-refractivity contribution in [3.63, 3.8) is 0 Å². The maximum atomic E-state index is 1.56. The lowest BCUT2D eigenvalue weighted by atomic mass is 9.71. The molecule has 0 aliphatic heterocycles. The average Bonchev–Trinajstić information content (AvgIpc) is 2.85. The van der Waals surface area contributed by atoms with E-state index in [-0.39, 0.29) is 0 Å². The minimum Gasteiger partial charge on any atom is -0.0530 e. The van der Waals surface area contributed by atoms with Gasteiger partial charge in [0, 0.05) is 0 Å². The summed E-state index contributed by atoms with van der Waals surface area (Å²) in [6.07, 6.45) is 37.1. The summed E-state index contributed by atoms with van der Waals surface area (Å²) >= 11 is 0. The van der Waals surface area contributed by atoms with E-state index in [1.165, 1.54) is 77.0 Å². The Morgan fingerprint density at radius 2 is 0.267 bits per heavy atom. The monoisotopic (exact) mass is 414 g/mol. The molecule has 6 rings (SSSR count). The van der Waals surface area contributed by atoms with Crippen LogP contribution in [0, 0.1) is 35.5 Å². The van der Waals surface area contributed by atoms with Crippen LogP contribution in [0.5, 0.6) is 0 Å². The first kappa shape index (κ1) is 23.2. The van der Waals surface area contributed by atoms with Crippen LogP contribution in [0.15, 0.2) is 0 Å². The molecule has 0 heterocycles. The smallest absolute Gasteiger partial charge is 0.0386 e. The highest BCUT2D eigenvalue weighted by atomic mass is 14.3. The highest BCUT2D eigenvalue weighted by Gasteiger charge is 2.28. The van der Waals surface area contributed by atoms with Crippen LogP contribution in [0.3, 0.4) is 0 Å². The summed E-state index contributed by atoms with van der Waals surface area (Å²) in [4.78, 5) is 0. The van der Waals surface area contributed by atoms with Crippen LogP contribution >= 0.6 is 0 Å². The van der Waals surface area contributed by atoms with E-state index < -0.39 is 0 Å². The molecule has 0 unspecified atom stereocenters. The summed E-state index contributed by atoms with van der Waals surface area (Å²) in [5.74, 6) is 6.93. The van der Waals surface area contributed by atoms with Gasteiger partial charge in [-0.2, -0.15) is 0 Å². The van der Waals surface area contributed by atoms with E-state index >= 15 is 0 Å². The Hall–Kier alpha value is 0. The van der Waals surface area contributed by atoms with Crippen molar-refractivity contribution < 1.29 is 0 Å². The van der Waals surface area contributed by atoms with Gasteiger partial charge in [0.15, 0.2) is 0 Å². The number of rotatable bonds is 0. The van der Waals surface area contributed by atoms with Gasteiger partial charge in [-0.15, -0.1) is 0 Å². The molecule has 6 fully saturated rings. The zero-order valence-electron chi connectivity index (χ0n) is 20.4. The summed E-state index contributed by atoms with van der Waals surface area (Å²) in [6.45, 7) is 0. The summed E-state index contributed by atoms with van der Waals surface area (Å²) in [6, 6.07) is 0. The van der Waals surface area contributed by atoms with E-state index in [0.717, 1.165) is 35.5 Å². The molecule has 6 aliphatic carbocycles. The first-order valence-corrected chi connectivity index (χ1v) is 14.9. The fraction of sp³-hybridized carbons (Fsp3) is 1.00. The SMILES string of the molecule is C1CCC2CCCCC2C1.C1CCC2CCCCC2C1.C1CCC2CCCCC2C1. The normalized spacial score (nSPS) is 40.8. The van der Waals surface area contributed by atoms with Crippen molar-refractivity contribution in [1.82, 2.24) is 0 Å². The van der Waals surface area contributed by atoms with E-state index in [1.807, 2.05) is 0 Å². The van der Waals surface area contributed by atoms with Crippen LogP contribution in [0.4, 0.5) is 0 Å². The number of fused-ring (bicyclic) bond motifs is 3. The molecule has 0 aromatic carbocycles. The van der Waals surface area contributed by atoms with Crippen LogP contribution in [0.1, 0.15) is 154 Å². The van der Waals surface area contributed by atoms with Gasteiger partial charge in [0.25, 0.3) is 0 Å². The van der Waals surface area contributed by atoms with Gasteiger partial charge in [0.2, 0.25) is 0 Å². The van der Waals surface area contributed by atoms with E-state index in [2.05, 4.69) is 0 Å². The third kappa shape index (κ3) is 7.00. The van der Waals surface area contributed by atoms with Gasteiger partial charge in [-0.05, 0) is 35.5 Å². The van der Waals surface area contributed by atoms with Crippen LogP contribution < -0.4 is 0 Å². The second-order valence-electron chi connectivity index (χ2n) is 12.3. The molecule has 0 radical (unpaired) electrons. The Morgan fingerprint density at radius 3 is 0.367 bits per heavy atom. The van der Waals surface area contributed by atoms with Gasteiger partial charge in [-0.25, -0.2) is 0 Å². The van der Waals surface area contributed by atoms with E-state index in [4.69, 9.17) is 0 Å². The maximum Gasteiger partial charge on any atom is -0.0386 e. The Bertz CT molecular complexity index is 308. The van der Waals surface area contributed by atoms with Gasteiger partial charge in [-0.1, -0.05) is 154 Å². The number of hydrogen-bond donors (Lipinski definition) is 0. The third-order valence-electron chi connectivity index (χ3n) is 10.4. The highest BCUT2D eigenvalue weighted by molar-refractivity contribution is 4.80. The van der Waals surface area contributed by atoms with Gasteiger partial charge >= 0.3 is 0 Å². The van der Waals surface area contributed by atoms with Crippen molar-refractivity contribution in [2.75, 3.05) is 0 Å². The van der Waals surface area contributed by atoms with Crippen molar-refractivity contribution >= 4 is 0 Å². The van der Waals surface area contributed by atoms with Crippen LogP contribution in [0.2, 0.25) is 0 Å². The lowest BCUT2D eigenvalue weighted by Gasteiger charge is -2.35. The zero-order chi connectivity index (χ0) is 20.4. The van der Waals surface area contributed by atoms with Crippen LogP contribution in [-0.2, 0) is 0 Å². The fourth-order valence-electron chi connectivity index (χ4n) is 8.57. The predicted molar refractivity (Wildman–Crippen MR) is 132 cm³/mol. The van der Waals surface area contributed by atoms with Crippen molar-refractivity contribution in [2.24, 2.45) is 35.5 Å². The van der Waals surface area contributed by atoms with Gasteiger partial charge in [0.1, 0.15) is 0 Å². The van der Waals surface area contributed by atoms with E-state index in [9.17, 15) is 0 Å². The van der Waals surface area contributed by atoms with Crippen molar-refractivity contribution in [3.8, 4) is 0 Å². The Morgan fingerprint density at radius 1 is 0.167 bits per heavy atom. The minimum absolute atomic E-state index is 1.16. The predicted octanol–water partition coefficient (Wildman–Crippen LogP) is 10.1. The molecule has 0 heteroatoms.